The zero-order valence-corrected chi connectivity index (χ0v) is 8.37. The molecule has 0 fully saturated rings. The molecule has 1 aromatic carbocycles. The fourth-order valence-corrected chi connectivity index (χ4v) is 1.99. The second-order valence-corrected chi connectivity index (χ2v) is 3.86. The Morgan fingerprint density at radius 1 is 1.13 bits per heavy atom. The van der Waals surface area contributed by atoms with E-state index >= 15 is 0 Å². The Labute approximate surface area is 86.3 Å². The van der Waals surface area contributed by atoms with Crippen LogP contribution >= 0.6 is 0 Å². The molecule has 0 saturated carbocycles. The van der Waals surface area contributed by atoms with E-state index in [4.69, 9.17) is 9.15 Å². The highest BCUT2D eigenvalue weighted by Gasteiger charge is 2.14. The lowest BCUT2D eigenvalue weighted by atomic mass is 10.0. The van der Waals surface area contributed by atoms with Crippen molar-refractivity contribution in [3.63, 3.8) is 0 Å². The molecule has 0 radical (unpaired) electrons. The molecule has 3 rings (SSSR count). The summed E-state index contributed by atoms with van der Waals surface area (Å²) in [6, 6.07) is 5.48. The Morgan fingerprint density at radius 3 is 2.67 bits per heavy atom. The Bertz CT molecular complexity index is 596. The first kappa shape index (κ1) is 8.68. The van der Waals surface area contributed by atoms with Gasteiger partial charge in [-0.25, -0.2) is 4.79 Å². The first-order valence-electron chi connectivity index (χ1n) is 4.88. The van der Waals surface area contributed by atoms with Gasteiger partial charge in [-0.05, 0) is 35.7 Å². The van der Waals surface area contributed by atoms with Crippen LogP contribution in [0.3, 0.4) is 0 Å². The molecule has 3 heteroatoms. The second kappa shape index (κ2) is 2.94. The van der Waals surface area contributed by atoms with E-state index in [9.17, 15) is 4.79 Å². The molecule has 0 N–H and O–H groups in total. The van der Waals surface area contributed by atoms with Gasteiger partial charge < -0.3 is 9.15 Å². The topological polar surface area (TPSA) is 39.4 Å². The van der Waals surface area contributed by atoms with Gasteiger partial charge in [0.2, 0.25) is 0 Å². The number of aryl methyl sites for hydroxylation is 1. The lowest BCUT2D eigenvalue weighted by molar-refractivity contribution is 0.134. The molecule has 76 valence electrons. The van der Waals surface area contributed by atoms with E-state index in [1.54, 1.807) is 0 Å². The minimum atomic E-state index is -0.293. The predicted octanol–water partition coefficient (Wildman–Crippen LogP) is 2.13. The third-order valence-electron chi connectivity index (χ3n) is 2.79. The van der Waals surface area contributed by atoms with Crippen LogP contribution in [-0.4, -0.2) is 0 Å². The van der Waals surface area contributed by atoms with Crippen LogP contribution in [0.15, 0.2) is 27.4 Å². The van der Waals surface area contributed by atoms with Crippen molar-refractivity contribution < 1.29 is 9.15 Å². The molecular formula is C12H10O3. The van der Waals surface area contributed by atoms with E-state index in [0.717, 1.165) is 16.5 Å². The van der Waals surface area contributed by atoms with Gasteiger partial charge >= 0.3 is 5.63 Å². The minimum absolute atomic E-state index is 0.293. The van der Waals surface area contributed by atoms with Crippen molar-refractivity contribution in [3.05, 3.63) is 45.3 Å². The van der Waals surface area contributed by atoms with Crippen LogP contribution in [0.25, 0.3) is 11.0 Å². The summed E-state index contributed by atoms with van der Waals surface area (Å²) in [7, 11) is 0. The summed E-state index contributed by atoms with van der Waals surface area (Å²) in [6.45, 7) is 3.19. The Morgan fingerprint density at radius 2 is 1.87 bits per heavy atom. The van der Waals surface area contributed by atoms with E-state index in [2.05, 4.69) is 6.07 Å². The van der Waals surface area contributed by atoms with E-state index < -0.39 is 0 Å². The van der Waals surface area contributed by atoms with Gasteiger partial charge in [0.25, 0.3) is 0 Å². The molecule has 0 atom stereocenters. The standard InChI is InChI=1S/C12H10O3/c1-7-2-12(13)15-11-4-9-6-14-5-8(9)3-10(7)11/h2-4H,5-6H2,1H3. The molecule has 1 aliphatic heterocycles. The van der Waals surface area contributed by atoms with Crippen molar-refractivity contribution in [2.75, 3.05) is 0 Å². The van der Waals surface area contributed by atoms with Crippen LogP contribution in [-0.2, 0) is 18.0 Å². The van der Waals surface area contributed by atoms with Gasteiger partial charge in [-0.2, -0.15) is 0 Å². The summed E-state index contributed by atoms with van der Waals surface area (Å²) in [5, 5.41) is 0.999. The third-order valence-corrected chi connectivity index (χ3v) is 2.79. The highest BCUT2D eigenvalue weighted by atomic mass is 16.5. The summed E-state index contributed by atoms with van der Waals surface area (Å²) in [4.78, 5) is 11.2. The minimum Gasteiger partial charge on any atom is -0.423 e. The number of hydrogen-bond acceptors (Lipinski definition) is 3. The van der Waals surface area contributed by atoms with E-state index in [-0.39, 0.29) is 5.63 Å². The normalized spacial score (nSPS) is 14.5. The van der Waals surface area contributed by atoms with Gasteiger partial charge in [-0.1, -0.05) is 0 Å². The van der Waals surface area contributed by atoms with Gasteiger partial charge in [0.1, 0.15) is 5.58 Å². The Balaban J connectivity index is 2.43. The summed E-state index contributed by atoms with van der Waals surface area (Å²) in [6.07, 6.45) is 0. The lowest BCUT2D eigenvalue weighted by Gasteiger charge is -2.02. The zero-order valence-electron chi connectivity index (χ0n) is 8.37. The molecule has 2 aromatic rings. The number of hydrogen-bond donors (Lipinski definition) is 0. The summed E-state index contributed by atoms with van der Waals surface area (Å²) >= 11 is 0. The van der Waals surface area contributed by atoms with Crippen molar-refractivity contribution in [3.8, 4) is 0 Å². The average molecular weight is 202 g/mol. The molecule has 0 unspecified atom stereocenters. The third kappa shape index (κ3) is 1.27. The van der Waals surface area contributed by atoms with Crippen LogP contribution in [0.5, 0.6) is 0 Å². The Hall–Kier alpha value is -1.61. The molecule has 1 aromatic heterocycles. The average Bonchev–Trinajstić information content (AvgIpc) is 2.61. The Kier molecular flexibility index (Phi) is 1.70. The maximum Gasteiger partial charge on any atom is 0.336 e. The van der Waals surface area contributed by atoms with Gasteiger partial charge in [-0.15, -0.1) is 0 Å². The molecule has 0 amide bonds. The molecule has 1 aliphatic rings. The largest absolute Gasteiger partial charge is 0.423 e. The van der Waals surface area contributed by atoms with Gasteiger partial charge in [0, 0.05) is 11.5 Å². The number of ether oxygens (including phenoxy) is 1. The van der Waals surface area contributed by atoms with Crippen molar-refractivity contribution in [2.24, 2.45) is 0 Å². The molecule has 15 heavy (non-hydrogen) atoms. The van der Waals surface area contributed by atoms with Crippen molar-refractivity contribution >= 4 is 11.0 Å². The van der Waals surface area contributed by atoms with E-state index in [1.165, 1.54) is 11.6 Å². The fourth-order valence-electron chi connectivity index (χ4n) is 1.99. The lowest BCUT2D eigenvalue weighted by Crippen LogP contribution is -1.98. The predicted molar refractivity (Wildman–Crippen MR) is 55.7 cm³/mol. The first-order valence-corrected chi connectivity index (χ1v) is 4.88. The summed E-state index contributed by atoms with van der Waals surface area (Å²) in [5.74, 6) is 0. The summed E-state index contributed by atoms with van der Waals surface area (Å²) in [5.41, 5.74) is 3.63. The molecular weight excluding hydrogens is 192 g/mol. The van der Waals surface area contributed by atoms with Gasteiger partial charge in [0.05, 0.1) is 13.2 Å². The van der Waals surface area contributed by atoms with Crippen molar-refractivity contribution in [2.45, 2.75) is 20.1 Å². The van der Waals surface area contributed by atoms with Crippen molar-refractivity contribution in [1.29, 1.82) is 0 Å². The maximum absolute atomic E-state index is 11.2. The van der Waals surface area contributed by atoms with E-state index in [1.807, 2.05) is 13.0 Å². The quantitative estimate of drug-likeness (QED) is 0.614. The molecule has 0 aliphatic carbocycles. The molecule has 2 heterocycles. The van der Waals surface area contributed by atoms with Crippen molar-refractivity contribution in [1.82, 2.24) is 0 Å². The SMILES string of the molecule is Cc1cc(=O)oc2cc3c(cc12)COC3. The number of benzene rings is 1. The molecule has 0 spiro atoms. The number of rotatable bonds is 0. The zero-order chi connectivity index (χ0) is 10.4. The van der Waals surface area contributed by atoms with Crippen LogP contribution < -0.4 is 5.63 Å². The molecule has 0 bridgehead atoms. The van der Waals surface area contributed by atoms with Crippen LogP contribution in [0.2, 0.25) is 0 Å². The first-order chi connectivity index (χ1) is 7.24. The van der Waals surface area contributed by atoms with Crippen LogP contribution in [0.1, 0.15) is 16.7 Å². The second-order valence-electron chi connectivity index (χ2n) is 3.86. The summed E-state index contributed by atoms with van der Waals surface area (Å²) < 4.78 is 10.5. The smallest absolute Gasteiger partial charge is 0.336 e. The highest BCUT2D eigenvalue weighted by molar-refractivity contribution is 5.81. The number of fused-ring (bicyclic) bond motifs is 2. The maximum atomic E-state index is 11.2. The molecule has 3 nitrogen and oxygen atoms in total. The monoisotopic (exact) mass is 202 g/mol. The molecule has 0 saturated heterocycles. The highest BCUT2D eigenvalue weighted by Crippen LogP contribution is 2.26. The van der Waals surface area contributed by atoms with Gasteiger partial charge in [-0.3, -0.25) is 0 Å². The van der Waals surface area contributed by atoms with E-state index in [0.29, 0.717) is 18.8 Å². The van der Waals surface area contributed by atoms with Gasteiger partial charge in [0.15, 0.2) is 0 Å². The fraction of sp³-hybridized carbons (Fsp3) is 0.250. The van der Waals surface area contributed by atoms with Crippen LogP contribution in [0.4, 0.5) is 0 Å². The van der Waals surface area contributed by atoms with Crippen LogP contribution in [0, 0.1) is 6.92 Å².